The van der Waals surface area contributed by atoms with E-state index in [-0.39, 0.29) is 42.6 Å². The first kappa shape index (κ1) is 31.1. The normalized spacial score (nSPS) is 21.5. The summed E-state index contributed by atoms with van der Waals surface area (Å²) in [5, 5.41) is 0. The van der Waals surface area contributed by atoms with Crippen LogP contribution in [0.2, 0.25) is 0 Å². The SMILES string of the molecule is CC(C)c1nc(N(C)S(C)(=O)=O)nc(-c2ccc(F)cc2)c1C=CC1CC(CC(=O)OC2CCCC2)OC(C)(C)O1. The van der Waals surface area contributed by atoms with Crippen LogP contribution in [0.3, 0.4) is 0 Å². The molecule has 1 saturated carbocycles. The van der Waals surface area contributed by atoms with Gasteiger partial charge in [-0.3, -0.25) is 4.79 Å². The summed E-state index contributed by atoms with van der Waals surface area (Å²) >= 11 is 0. The van der Waals surface area contributed by atoms with E-state index < -0.39 is 21.6 Å². The fraction of sp³-hybridized carbons (Fsp3) is 0.567. The molecule has 1 aliphatic carbocycles. The number of nitrogens with zero attached hydrogens (tertiary/aromatic N) is 3. The number of sulfonamides is 1. The molecule has 11 heteroatoms. The first-order chi connectivity index (χ1) is 19.2. The molecule has 4 rings (SSSR count). The molecule has 2 unspecified atom stereocenters. The summed E-state index contributed by atoms with van der Waals surface area (Å²) in [6, 6.07) is 5.87. The predicted octanol–water partition coefficient (Wildman–Crippen LogP) is 5.60. The minimum atomic E-state index is -3.62. The number of carbonyl (C=O) groups is 1. The summed E-state index contributed by atoms with van der Waals surface area (Å²) in [6.07, 6.45) is 8.62. The largest absolute Gasteiger partial charge is 0.462 e. The van der Waals surface area contributed by atoms with Crippen molar-refractivity contribution in [3.05, 3.63) is 47.4 Å². The molecular formula is C30H40FN3O6S. The highest BCUT2D eigenvalue weighted by Gasteiger charge is 2.36. The van der Waals surface area contributed by atoms with E-state index in [1.54, 1.807) is 12.1 Å². The lowest BCUT2D eigenvalue weighted by Crippen LogP contribution is -2.44. The second-order valence-corrected chi connectivity index (χ2v) is 13.6. The number of aromatic nitrogens is 2. The molecule has 41 heavy (non-hydrogen) atoms. The van der Waals surface area contributed by atoms with E-state index in [0.29, 0.717) is 28.9 Å². The lowest BCUT2D eigenvalue weighted by atomic mass is 9.97. The minimum absolute atomic E-state index is 0.00454. The summed E-state index contributed by atoms with van der Waals surface area (Å²) < 4.78 is 57.3. The van der Waals surface area contributed by atoms with Crippen molar-refractivity contribution in [1.82, 2.24) is 9.97 Å². The third kappa shape index (κ3) is 8.11. The van der Waals surface area contributed by atoms with Crippen LogP contribution in [-0.2, 0) is 29.0 Å². The fourth-order valence-corrected chi connectivity index (χ4v) is 5.60. The van der Waals surface area contributed by atoms with Gasteiger partial charge in [-0.05, 0) is 69.7 Å². The van der Waals surface area contributed by atoms with Crippen LogP contribution in [-0.4, -0.2) is 61.8 Å². The Labute approximate surface area is 242 Å². The third-order valence-electron chi connectivity index (χ3n) is 7.26. The number of hydrogen-bond donors (Lipinski definition) is 0. The molecule has 1 saturated heterocycles. The van der Waals surface area contributed by atoms with Gasteiger partial charge in [0.2, 0.25) is 16.0 Å². The van der Waals surface area contributed by atoms with Crippen LogP contribution in [0.25, 0.3) is 17.3 Å². The van der Waals surface area contributed by atoms with Crippen LogP contribution in [0, 0.1) is 5.82 Å². The summed E-state index contributed by atoms with van der Waals surface area (Å²) in [6.45, 7) is 7.53. The number of carbonyl (C=O) groups excluding carboxylic acids is 1. The molecule has 0 bridgehead atoms. The molecule has 2 fully saturated rings. The first-order valence-electron chi connectivity index (χ1n) is 14.1. The van der Waals surface area contributed by atoms with Crippen molar-refractivity contribution in [2.45, 2.75) is 96.2 Å². The quantitative estimate of drug-likeness (QED) is 0.348. The number of benzene rings is 1. The van der Waals surface area contributed by atoms with Gasteiger partial charge in [-0.25, -0.2) is 27.1 Å². The Bertz CT molecular complexity index is 1370. The Balaban J connectivity index is 1.67. The van der Waals surface area contributed by atoms with Crippen LogP contribution in [0.4, 0.5) is 10.3 Å². The molecule has 9 nitrogen and oxygen atoms in total. The highest BCUT2D eigenvalue weighted by atomic mass is 32.2. The molecule has 0 N–H and O–H groups in total. The van der Waals surface area contributed by atoms with Gasteiger partial charge in [0.05, 0.1) is 36.3 Å². The molecule has 2 aromatic rings. The molecule has 1 aromatic heterocycles. The second kappa shape index (κ2) is 12.5. The number of halogens is 1. The highest BCUT2D eigenvalue weighted by molar-refractivity contribution is 7.92. The van der Waals surface area contributed by atoms with Gasteiger partial charge in [0, 0.05) is 24.6 Å². The summed E-state index contributed by atoms with van der Waals surface area (Å²) in [7, 11) is -2.23. The van der Waals surface area contributed by atoms with Crippen LogP contribution in [0.1, 0.15) is 83.4 Å². The minimum Gasteiger partial charge on any atom is -0.462 e. The Kier molecular flexibility index (Phi) is 9.50. The van der Waals surface area contributed by atoms with Gasteiger partial charge in [0.15, 0.2) is 5.79 Å². The molecule has 224 valence electrons. The van der Waals surface area contributed by atoms with E-state index in [1.165, 1.54) is 19.2 Å². The number of esters is 1. The molecule has 1 aliphatic heterocycles. The number of rotatable bonds is 9. The lowest BCUT2D eigenvalue weighted by Gasteiger charge is -2.39. The van der Waals surface area contributed by atoms with Crippen LogP contribution in [0.5, 0.6) is 0 Å². The van der Waals surface area contributed by atoms with Gasteiger partial charge < -0.3 is 14.2 Å². The molecule has 2 aliphatic rings. The average Bonchev–Trinajstić information content (AvgIpc) is 3.38. The van der Waals surface area contributed by atoms with Crippen molar-refractivity contribution in [3.8, 4) is 11.3 Å². The Hall–Kier alpha value is -2.89. The monoisotopic (exact) mass is 589 g/mol. The van der Waals surface area contributed by atoms with E-state index in [9.17, 15) is 17.6 Å². The van der Waals surface area contributed by atoms with E-state index in [0.717, 1.165) is 36.2 Å². The lowest BCUT2D eigenvalue weighted by molar-refractivity contribution is -0.290. The number of ether oxygens (including phenoxy) is 3. The topological polar surface area (TPSA) is 108 Å². The van der Waals surface area contributed by atoms with Crippen molar-refractivity contribution < 1.29 is 31.8 Å². The molecule has 1 aromatic carbocycles. The number of hydrogen-bond acceptors (Lipinski definition) is 8. The Morgan fingerprint density at radius 3 is 2.44 bits per heavy atom. The highest BCUT2D eigenvalue weighted by Crippen LogP contribution is 2.34. The van der Waals surface area contributed by atoms with Crippen molar-refractivity contribution in [1.29, 1.82) is 0 Å². The molecular weight excluding hydrogens is 549 g/mol. The second-order valence-electron chi connectivity index (χ2n) is 11.6. The van der Waals surface area contributed by atoms with Crippen LogP contribution in [0.15, 0.2) is 30.3 Å². The molecule has 0 radical (unpaired) electrons. The molecule has 0 spiro atoms. The fourth-order valence-electron chi connectivity index (χ4n) is 5.22. The maximum atomic E-state index is 13.8. The standard InChI is InChI=1S/C30H40FN3O6S/c1-19(2)27-25(28(20-11-13-21(31)14-12-20)33-29(32-27)34(5)41(6,36)37)16-15-23-17-24(40-30(3,4)39-23)18-26(35)38-22-9-7-8-10-22/h11-16,19,22-24H,7-10,17-18H2,1-6H3. The van der Waals surface area contributed by atoms with E-state index in [2.05, 4.69) is 9.97 Å². The van der Waals surface area contributed by atoms with Gasteiger partial charge in [-0.15, -0.1) is 0 Å². The summed E-state index contributed by atoms with van der Waals surface area (Å²) in [4.78, 5) is 21.8. The number of anilines is 1. The third-order valence-corrected chi connectivity index (χ3v) is 8.42. The zero-order chi connectivity index (χ0) is 29.9. The predicted molar refractivity (Wildman–Crippen MR) is 155 cm³/mol. The van der Waals surface area contributed by atoms with Crippen molar-refractivity contribution in [2.75, 3.05) is 17.6 Å². The van der Waals surface area contributed by atoms with Crippen LogP contribution < -0.4 is 4.31 Å². The summed E-state index contributed by atoms with van der Waals surface area (Å²) in [5.74, 6) is -1.65. The molecule has 2 atom stereocenters. The smallest absolute Gasteiger partial charge is 0.308 e. The first-order valence-corrected chi connectivity index (χ1v) is 15.9. The average molecular weight is 590 g/mol. The van der Waals surface area contributed by atoms with Gasteiger partial charge in [-0.2, -0.15) is 0 Å². The van der Waals surface area contributed by atoms with Gasteiger partial charge in [0.1, 0.15) is 11.9 Å². The van der Waals surface area contributed by atoms with Crippen molar-refractivity contribution in [3.63, 3.8) is 0 Å². The van der Waals surface area contributed by atoms with Crippen molar-refractivity contribution in [2.24, 2.45) is 0 Å². The van der Waals surface area contributed by atoms with Gasteiger partial charge in [0.25, 0.3) is 0 Å². The Morgan fingerprint density at radius 1 is 1.17 bits per heavy atom. The zero-order valence-corrected chi connectivity index (χ0v) is 25.4. The van der Waals surface area contributed by atoms with E-state index in [1.807, 2.05) is 39.8 Å². The van der Waals surface area contributed by atoms with Crippen LogP contribution >= 0.6 is 0 Å². The maximum absolute atomic E-state index is 13.8. The maximum Gasteiger partial charge on any atom is 0.308 e. The summed E-state index contributed by atoms with van der Waals surface area (Å²) in [5.41, 5.74) is 2.37. The van der Waals surface area contributed by atoms with Crippen molar-refractivity contribution >= 4 is 28.0 Å². The zero-order valence-electron chi connectivity index (χ0n) is 24.6. The van der Waals surface area contributed by atoms with Gasteiger partial charge in [-0.1, -0.05) is 26.0 Å². The molecule has 2 heterocycles. The molecule has 0 amide bonds. The Morgan fingerprint density at radius 2 is 1.83 bits per heavy atom. The van der Waals surface area contributed by atoms with E-state index in [4.69, 9.17) is 14.2 Å². The van der Waals surface area contributed by atoms with E-state index >= 15 is 0 Å². The van der Waals surface area contributed by atoms with Gasteiger partial charge >= 0.3 is 5.97 Å².